The molecule has 0 saturated carbocycles. The first-order chi connectivity index (χ1) is 6.52. The van der Waals surface area contributed by atoms with Gasteiger partial charge in [-0.25, -0.2) is 0 Å². The van der Waals surface area contributed by atoms with Crippen LogP contribution < -0.4 is 0 Å². The van der Waals surface area contributed by atoms with Crippen molar-refractivity contribution in [2.45, 2.75) is 26.1 Å². The van der Waals surface area contributed by atoms with E-state index in [9.17, 15) is 4.79 Å². The highest BCUT2D eigenvalue weighted by Crippen LogP contribution is 2.15. The highest BCUT2D eigenvalue weighted by Gasteiger charge is 2.26. The zero-order chi connectivity index (χ0) is 10.6. The lowest BCUT2D eigenvalue weighted by Gasteiger charge is -2.20. The van der Waals surface area contributed by atoms with E-state index in [1.54, 1.807) is 26.2 Å². The van der Waals surface area contributed by atoms with Crippen molar-refractivity contribution >= 4 is 29.3 Å². The number of rotatable bonds is 4. The largest absolute Gasteiger partial charge is 0.362 e. The second kappa shape index (κ2) is 6.05. The summed E-state index contributed by atoms with van der Waals surface area (Å²) >= 11 is 5.36. The molecule has 0 aromatic carbocycles. The Balaban J connectivity index is 0.00000196. The third-order valence-corrected chi connectivity index (χ3v) is 2.28. The fourth-order valence-electron chi connectivity index (χ4n) is 0.800. The molecule has 15 heavy (non-hydrogen) atoms. The Labute approximate surface area is 100 Å². The molecule has 0 saturated heterocycles. The maximum atomic E-state index is 10.9. The quantitative estimate of drug-likeness (QED) is 0.771. The number of halogens is 2. The zero-order valence-corrected chi connectivity index (χ0v) is 10.1. The van der Waals surface area contributed by atoms with Crippen LogP contribution in [0.1, 0.15) is 19.4 Å². The Morgan fingerprint density at radius 3 is 2.47 bits per heavy atom. The van der Waals surface area contributed by atoms with Gasteiger partial charge in [-0.15, -0.1) is 12.4 Å². The van der Waals surface area contributed by atoms with Gasteiger partial charge in [0.15, 0.2) is 0 Å². The third-order valence-electron chi connectivity index (χ3n) is 1.82. The van der Waals surface area contributed by atoms with Crippen LogP contribution in [0.3, 0.4) is 0 Å². The standard InChI is InChI=1S/C10H12ClNO2.ClH/c1-10(2,9(11)13)14-7-8-3-5-12-6-4-8;/h3-6H,7H2,1-2H3;1H. The Hall–Kier alpha value is -0.640. The number of pyridine rings is 1. The zero-order valence-electron chi connectivity index (χ0n) is 8.57. The molecule has 84 valence electrons. The lowest BCUT2D eigenvalue weighted by Crippen LogP contribution is -2.31. The molecule has 0 aliphatic rings. The summed E-state index contributed by atoms with van der Waals surface area (Å²) < 4.78 is 5.37. The van der Waals surface area contributed by atoms with Crippen LogP contribution in [-0.2, 0) is 16.1 Å². The van der Waals surface area contributed by atoms with E-state index in [-0.39, 0.29) is 12.4 Å². The molecule has 0 aliphatic heterocycles. The molecule has 0 radical (unpaired) electrons. The molecule has 0 aliphatic carbocycles. The Morgan fingerprint density at radius 1 is 1.47 bits per heavy atom. The number of nitrogens with zero attached hydrogens (tertiary/aromatic N) is 1. The highest BCUT2D eigenvalue weighted by atomic mass is 35.5. The molecule has 5 heteroatoms. The summed E-state index contributed by atoms with van der Waals surface area (Å²) in [5.41, 5.74) is 0.0242. The first kappa shape index (κ1) is 14.4. The molecule has 3 nitrogen and oxygen atoms in total. The molecule has 0 spiro atoms. The van der Waals surface area contributed by atoms with Gasteiger partial charge in [-0.05, 0) is 43.1 Å². The van der Waals surface area contributed by atoms with Crippen LogP contribution in [0.25, 0.3) is 0 Å². The predicted octanol–water partition coefficient (Wildman–Crippen LogP) is 2.56. The van der Waals surface area contributed by atoms with Crippen molar-refractivity contribution in [3.63, 3.8) is 0 Å². The van der Waals surface area contributed by atoms with Gasteiger partial charge in [0.2, 0.25) is 0 Å². The van der Waals surface area contributed by atoms with Gasteiger partial charge in [0.1, 0.15) is 5.60 Å². The van der Waals surface area contributed by atoms with E-state index in [0.29, 0.717) is 6.61 Å². The molecule has 0 unspecified atom stereocenters. The Kier molecular flexibility index (Phi) is 5.80. The van der Waals surface area contributed by atoms with E-state index in [4.69, 9.17) is 16.3 Å². The highest BCUT2D eigenvalue weighted by molar-refractivity contribution is 6.65. The molecular weight excluding hydrogens is 237 g/mol. The van der Waals surface area contributed by atoms with E-state index in [0.717, 1.165) is 5.56 Å². The van der Waals surface area contributed by atoms with E-state index in [1.807, 2.05) is 12.1 Å². The van der Waals surface area contributed by atoms with Crippen LogP contribution in [0.15, 0.2) is 24.5 Å². The summed E-state index contributed by atoms with van der Waals surface area (Å²) in [5, 5.41) is -0.494. The van der Waals surface area contributed by atoms with Gasteiger partial charge in [-0.3, -0.25) is 9.78 Å². The average molecular weight is 250 g/mol. The first-order valence-electron chi connectivity index (χ1n) is 4.25. The average Bonchev–Trinajstić information content (AvgIpc) is 2.16. The molecule has 1 aromatic rings. The van der Waals surface area contributed by atoms with Crippen LogP contribution in [0.5, 0.6) is 0 Å². The lowest BCUT2D eigenvalue weighted by molar-refractivity contribution is -0.133. The molecule has 0 fully saturated rings. The summed E-state index contributed by atoms with van der Waals surface area (Å²) in [6.45, 7) is 3.64. The second-order valence-electron chi connectivity index (χ2n) is 3.43. The van der Waals surface area contributed by atoms with Crippen LogP contribution in [0.4, 0.5) is 0 Å². The number of carbonyl (C=O) groups excluding carboxylic acids is 1. The fraction of sp³-hybridized carbons (Fsp3) is 0.400. The van der Waals surface area contributed by atoms with Gasteiger partial charge < -0.3 is 4.74 Å². The van der Waals surface area contributed by atoms with Crippen LogP contribution >= 0.6 is 24.0 Å². The summed E-state index contributed by atoms with van der Waals surface area (Å²) in [6.07, 6.45) is 3.35. The predicted molar refractivity (Wildman–Crippen MR) is 61.2 cm³/mol. The summed E-state index contributed by atoms with van der Waals surface area (Å²) in [6, 6.07) is 3.66. The molecule has 1 rings (SSSR count). The first-order valence-corrected chi connectivity index (χ1v) is 4.63. The summed E-state index contributed by atoms with van der Waals surface area (Å²) in [7, 11) is 0. The number of ether oxygens (including phenoxy) is 1. The van der Waals surface area contributed by atoms with Crippen LogP contribution in [0.2, 0.25) is 0 Å². The van der Waals surface area contributed by atoms with Crippen LogP contribution in [0, 0.1) is 0 Å². The van der Waals surface area contributed by atoms with E-state index in [1.165, 1.54) is 0 Å². The molecule has 1 aromatic heterocycles. The molecular formula is C10H13Cl2NO2. The van der Waals surface area contributed by atoms with Crippen molar-refractivity contribution < 1.29 is 9.53 Å². The van der Waals surface area contributed by atoms with Gasteiger partial charge >= 0.3 is 0 Å². The third kappa shape index (κ3) is 4.60. The molecule has 0 atom stereocenters. The number of carbonyl (C=O) groups is 1. The number of aromatic nitrogens is 1. The Morgan fingerprint density at radius 2 is 2.00 bits per heavy atom. The monoisotopic (exact) mass is 249 g/mol. The SMILES string of the molecule is CC(C)(OCc1ccncc1)C(=O)Cl.Cl. The molecule has 1 heterocycles. The van der Waals surface area contributed by atoms with Gasteiger partial charge in [0.25, 0.3) is 5.24 Å². The van der Waals surface area contributed by atoms with E-state index < -0.39 is 10.8 Å². The number of hydrogen-bond donors (Lipinski definition) is 0. The van der Waals surface area contributed by atoms with Gasteiger partial charge in [-0.2, -0.15) is 0 Å². The minimum absolute atomic E-state index is 0. The van der Waals surface area contributed by atoms with Crippen molar-refractivity contribution in [3.05, 3.63) is 30.1 Å². The maximum absolute atomic E-state index is 10.9. The molecule has 0 N–H and O–H groups in total. The van der Waals surface area contributed by atoms with Crippen molar-refractivity contribution in [1.29, 1.82) is 0 Å². The summed E-state index contributed by atoms with van der Waals surface area (Å²) in [5.74, 6) is 0. The smallest absolute Gasteiger partial charge is 0.253 e. The molecule has 0 amide bonds. The minimum Gasteiger partial charge on any atom is -0.362 e. The van der Waals surface area contributed by atoms with Gasteiger partial charge in [0.05, 0.1) is 6.61 Å². The summed E-state index contributed by atoms with van der Waals surface area (Å²) in [4.78, 5) is 14.8. The van der Waals surface area contributed by atoms with Gasteiger partial charge in [0, 0.05) is 12.4 Å². The Bertz CT molecular complexity index is 314. The van der Waals surface area contributed by atoms with Crippen molar-refractivity contribution in [2.24, 2.45) is 0 Å². The maximum Gasteiger partial charge on any atom is 0.253 e. The van der Waals surface area contributed by atoms with E-state index >= 15 is 0 Å². The van der Waals surface area contributed by atoms with Crippen molar-refractivity contribution in [1.82, 2.24) is 4.98 Å². The normalized spacial score (nSPS) is 10.6. The van der Waals surface area contributed by atoms with Crippen molar-refractivity contribution in [3.8, 4) is 0 Å². The van der Waals surface area contributed by atoms with Crippen LogP contribution in [-0.4, -0.2) is 15.8 Å². The van der Waals surface area contributed by atoms with Gasteiger partial charge in [-0.1, -0.05) is 0 Å². The van der Waals surface area contributed by atoms with Crippen molar-refractivity contribution in [2.75, 3.05) is 0 Å². The molecule has 0 bridgehead atoms. The number of hydrogen-bond acceptors (Lipinski definition) is 3. The second-order valence-corrected chi connectivity index (χ2v) is 3.77. The minimum atomic E-state index is -0.940. The topological polar surface area (TPSA) is 39.2 Å². The fourth-order valence-corrected chi connectivity index (χ4v) is 0.854. The lowest BCUT2D eigenvalue weighted by atomic mass is 10.1. The van der Waals surface area contributed by atoms with E-state index in [2.05, 4.69) is 4.98 Å².